The molecule has 5 heteroatoms. The molecule has 25 heavy (non-hydrogen) atoms. The number of carbonyl (C=O) groups is 1. The molecule has 0 spiro atoms. The first-order valence-corrected chi connectivity index (χ1v) is 9.54. The third-order valence-electron chi connectivity index (χ3n) is 5.54. The summed E-state index contributed by atoms with van der Waals surface area (Å²) < 4.78 is 0. The fourth-order valence-corrected chi connectivity index (χ4v) is 4.69. The summed E-state index contributed by atoms with van der Waals surface area (Å²) in [5.41, 5.74) is 2.58. The van der Waals surface area contributed by atoms with Gasteiger partial charge in [0.15, 0.2) is 0 Å². The fourth-order valence-electron chi connectivity index (χ4n) is 3.42. The average molecular weight is 353 g/mol. The van der Waals surface area contributed by atoms with Crippen LogP contribution >= 0.6 is 11.3 Å². The first-order valence-electron chi connectivity index (χ1n) is 8.72. The van der Waals surface area contributed by atoms with Gasteiger partial charge in [0.2, 0.25) is 0 Å². The predicted molar refractivity (Wildman–Crippen MR) is 101 cm³/mol. The van der Waals surface area contributed by atoms with Crippen molar-refractivity contribution in [2.75, 3.05) is 5.32 Å². The van der Waals surface area contributed by atoms with Gasteiger partial charge in [-0.15, -0.1) is 11.3 Å². The van der Waals surface area contributed by atoms with E-state index in [1.54, 1.807) is 29.7 Å². The molecule has 4 nitrogen and oxygen atoms in total. The largest absolute Gasteiger partial charge is 0.312 e. The molecule has 0 aromatic carbocycles. The second kappa shape index (κ2) is 6.97. The van der Waals surface area contributed by atoms with Crippen LogP contribution in [0.4, 0.5) is 5.00 Å². The van der Waals surface area contributed by atoms with Crippen molar-refractivity contribution in [2.45, 2.75) is 46.5 Å². The van der Waals surface area contributed by atoms with Gasteiger partial charge >= 0.3 is 0 Å². The Balaban J connectivity index is 1.86. The summed E-state index contributed by atoms with van der Waals surface area (Å²) in [5.74, 6) is 0.408. The predicted octanol–water partition coefficient (Wildman–Crippen LogP) is 4.81. The number of pyridine rings is 1. The molecule has 2 heterocycles. The number of thiophene rings is 1. The number of anilines is 1. The summed E-state index contributed by atoms with van der Waals surface area (Å²) >= 11 is 1.57. The molecule has 1 atom stereocenters. The summed E-state index contributed by atoms with van der Waals surface area (Å²) in [6.45, 7) is 6.89. The Kier molecular flexibility index (Phi) is 4.91. The van der Waals surface area contributed by atoms with Crippen molar-refractivity contribution < 1.29 is 4.79 Å². The minimum absolute atomic E-state index is 0.214. The first kappa shape index (κ1) is 17.6. The van der Waals surface area contributed by atoms with E-state index in [1.165, 1.54) is 11.1 Å². The zero-order chi connectivity index (χ0) is 18.0. The molecule has 0 bridgehead atoms. The summed E-state index contributed by atoms with van der Waals surface area (Å²) in [6, 6.07) is 5.77. The average Bonchev–Trinajstić information content (AvgIpc) is 2.98. The number of hydrogen-bond acceptors (Lipinski definition) is 4. The number of nitrogens with zero attached hydrogens (tertiary/aromatic N) is 2. The highest BCUT2D eigenvalue weighted by Crippen LogP contribution is 2.45. The third kappa shape index (κ3) is 3.45. The van der Waals surface area contributed by atoms with Gasteiger partial charge in [-0.3, -0.25) is 9.78 Å². The lowest BCUT2D eigenvalue weighted by atomic mass is 9.69. The molecule has 1 amide bonds. The van der Waals surface area contributed by atoms with Crippen molar-refractivity contribution in [1.29, 1.82) is 5.26 Å². The maximum Gasteiger partial charge on any atom is 0.257 e. The second-order valence-corrected chi connectivity index (χ2v) is 8.40. The van der Waals surface area contributed by atoms with Crippen LogP contribution in [0.5, 0.6) is 0 Å². The Morgan fingerprint density at radius 1 is 1.52 bits per heavy atom. The number of hydrogen-bond donors (Lipinski definition) is 1. The van der Waals surface area contributed by atoms with E-state index in [0.29, 0.717) is 27.5 Å². The zero-order valence-electron chi connectivity index (χ0n) is 14.9. The summed E-state index contributed by atoms with van der Waals surface area (Å²) in [7, 11) is 0. The van der Waals surface area contributed by atoms with Crippen molar-refractivity contribution in [1.82, 2.24) is 4.98 Å². The highest BCUT2D eigenvalue weighted by molar-refractivity contribution is 7.16. The Morgan fingerprint density at radius 2 is 2.32 bits per heavy atom. The quantitative estimate of drug-likeness (QED) is 0.858. The molecule has 0 aliphatic heterocycles. The Bertz CT molecular complexity index is 817. The Labute approximate surface area is 152 Å². The highest BCUT2D eigenvalue weighted by Gasteiger charge is 2.34. The maximum atomic E-state index is 12.4. The van der Waals surface area contributed by atoms with E-state index in [1.807, 2.05) is 0 Å². The number of aromatic nitrogens is 1. The lowest BCUT2D eigenvalue weighted by Crippen LogP contribution is -2.28. The number of rotatable bonds is 4. The Morgan fingerprint density at radius 3 is 2.96 bits per heavy atom. The van der Waals surface area contributed by atoms with Gasteiger partial charge in [0.1, 0.15) is 11.1 Å². The number of amides is 1. The van der Waals surface area contributed by atoms with Crippen LogP contribution in [0.15, 0.2) is 24.5 Å². The number of fused-ring (bicyclic) bond motifs is 1. The molecule has 2 aromatic rings. The van der Waals surface area contributed by atoms with E-state index in [0.717, 1.165) is 31.2 Å². The van der Waals surface area contributed by atoms with Gasteiger partial charge in [0.05, 0.1) is 11.1 Å². The van der Waals surface area contributed by atoms with Crippen LogP contribution in [0.25, 0.3) is 0 Å². The number of nitriles is 1. The molecule has 130 valence electrons. The lowest BCUT2D eigenvalue weighted by Gasteiger charge is -2.36. The van der Waals surface area contributed by atoms with Gasteiger partial charge in [0.25, 0.3) is 5.91 Å². The third-order valence-corrected chi connectivity index (χ3v) is 6.71. The first-order chi connectivity index (χ1) is 12.0. The number of carbonyl (C=O) groups excluding carboxylic acids is 1. The zero-order valence-corrected chi connectivity index (χ0v) is 15.7. The van der Waals surface area contributed by atoms with E-state index in [9.17, 15) is 10.1 Å². The second-order valence-electron chi connectivity index (χ2n) is 7.30. The molecule has 1 aliphatic rings. The lowest BCUT2D eigenvalue weighted by molar-refractivity contribution is 0.102. The van der Waals surface area contributed by atoms with E-state index in [2.05, 4.69) is 37.1 Å². The van der Waals surface area contributed by atoms with Crippen molar-refractivity contribution >= 4 is 22.2 Å². The summed E-state index contributed by atoms with van der Waals surface area (Å²) in [4.78, 5) is 17.7. The van der Waals surface area contributed by atoms with Crippen LogP contribution in [-0.4, -0.2) is 10.9 Å². The normalized spacial score (nSPS) is 16.8. The van der Waals surface area contributed by atoms with Crippen LogP contribution in [-0.2, 0) is 12.8 Å². The van der Waals surface area contributed by atoms with Gasteiger partial charge in [-0.25, -0.2) is 0 Å². The fraction of sp³-hybridized carbons (Fsp3) is 0.450. The number of nitrogens with one attached hydrogen (secondary N) is 1. The molecule has 0 saturated heterocycles. The molecule has 3 rings (SSSR count). The SMILES string of the molecule is CCC(C)(C)[C@@H]1CCc2c(sc(NC(=O)c3cccnc3)c2C#N)C1. The van der Waals surface area contributed by atoms with Gasteiger partial charge in [0, 0.05) is 17.3 Å². The van der Waals surface area contributed by atoms with Crippen molar-refractivity contribution in [3.8, 4) is 6.07 Å². The van der Waals surface area contributed by atoms with Gasteiger partial charge in [-0.2, -0.15) is 5.26 Å². The minimum Gasteiger partial charge on any atom is -0.312 e. The summed E-state index contributed by atoms with van der Waals surface area (Å²) in [5, 5.41) is 13.2. The van der Waals surface area contributed by atoms with Gasteiger partial charge in [-0.1, -0.05) is 27.2 Å². The molecule has 1 aliphatic carbocycles. The summed E-state index contributed by atoms with van der Waals surface area (Å²) in [6.07, 6.45) is 7.35. The van der Waals surface area contributed by atoms with Crippen LogP contribution in [0, 0.1) is 22.7 Å². The van der Waals surface area contributed by atoms with Crippen LogP contribution in [0.2, 0.25) is 0 Å². The van der Waals surface area contributed by atoms with Crippen molar-refractivity contribution in [3.05, 3.63) is 46.1 Å². The van der Waals surface area contributed by atoms with Crippen molar-refractivity contribution in [3.63, 3.8) is 0 Å². The molecule has 2 aromatic heterocycles. The van der Waals surface area contributed by atoms with Crippen LogP contribution in [0.3, 0.4) is 0 Å². The molecular formula is C20H23N3OS. The van der Waals surface area contributed by atoms with Gasteiger partial charge < -0.3 is 5.32 Å². The monoisotopic (exact) mass is 353 g/mol. The van der Waals surface area contributed by atoms with E-state index >= 15 is 0 Å². The highest BCUT2D eigenvalue weighted by atomic mass is 32.1. The minimum atomic E-state index is -0.214. The topological polar surface area (TPSA) is 65.8 Å². The molecule has 0 radical (unpaired) electrons. The molecule has 0 fully saturated rings. The molecule has 1 N–H and O–H groups in total. The standard InChI is InChI=1S/C20H23N3OS/c1-4-20(2,3)14-7-8-15-16(11-21)19(25-17(15)10-14)23-18(24)13-6-5-9-22-12-13/h5-6,9,12,14H,4,7-8,10H2,1-3H3,(H,23,24)/t14-/m1/s1. The Hall–Kier alpha value is -2.19. The van der Waals surface area contributed by atoms with Gasteiger partial charge in [-0.05, 0) is 48.3 Å². The molecule has 0 saturated carbocycles. The maximum absolute atomic E-state index is 12.4. The molecule has 0 unspecified atom stereocenters. The van der Waals surface area contributed by atoms with E-state index in [-0.39, 0.29) is 5.91 Å². The smallest absolute Gasteiger partial charge is 0.257 e. The van der Waals surface area contributed by atoms with E-state index in [4.69, 9.17) is 0 Å². The van der Waals surface area contributed by atoms with E-state index < -0.39 is 0 Å². The van der Waals surface area contributed by atoms with Crippen molar-refractivity contribution in [2.24, 2.45) is 11.3 Å². The van der Waals surface area contributed by atoms with Crippen LogP contribution in [0.1, 0.15) is 60.0 Å². The molecular weight excluding hydrogens is 330 g/mol. The van der Waals surface area contributed by atoms with Crippen LogP contribution < -0.4 is 5.32 Å².